The van der Waals surface area contributed by atoms with Crippen LogP contribution in [0, 0.1) is 10.1 Å². The van der Waals surface area contributed by atoms with Crippen molar-refractivity contribution in [2.75, 3.05) is 5.32 Å². The monoisotopic (exact) mass is 356 g/mol. The highest BCUT2D eigenvalue weighted by molar-refractivity contribution is 9.10. The second kappa shape index (κ2) is 6.62. The van der Waals surface area contributed by atoms with Crippen molar-refractivity contribution in [3.05, 3.63) is 68.2 Å². The van der Waals surface area contributed by atoms with E-state index in [9.17, 15) is 18.9 Å². The molecule has 7 heteroatoms. The molecule has 0 aliphatic carbocycles. The number of hydrogen-bond acceptors (Lipinski definition) is 3. The van der Waals surface area contributed by atoms with Crippen molar-refractivity contribution in [1.29, 1.82) is 0 Å². The number of halogens is 3. The van der Waals surface area contributed by atoms with Gasteiger partial charge < -0.3 is 5.32 Å². The molecule has 0 bridgehead atoms. The Morgan fingerprint density at radius 3 is 2.67 bits per heavy atom. The molecule has 0 aliphatic rings. The van der Waals surface area contributed by atoms with Crippen LogP contribution in [0.4, 0.5) is 20.2 Å². The lowest BCUT2D eigenvalue weighted by Gasteiger charge is -2.09. The highest BCUT2D eigenvalue weighted by Gasteiger charge is 2.14. The minimum atomic E-state index is -2.54. The summed E-state index contributed by atoms with van der Waals surface area (Å²) in [6.07, 6.45) is -2.54. The van der Waals surface area contributed by atoms with Crippen LogP contribution in [0.3, 0.4) is 0 Å². The number of alkyl halides is 2. The van der Waals surface area contributed by atoms with Gasteiger partial charge in [0.05, 0.1) is 4.92 Å². The lowest BCUT2D eigenvalue weighted by atomic mass is 10.1. The van der Waals surface area contributed by atoms with E-state index in [0.29, 0.717) is 15.7 Å². The molecule has 0 aliphatic heterocycles. The number of rotatable bonds is 5. The molecule has 0 fully saturated rings. The number of anilines is 1. The molecule has 0 heterocycles. The minimum absolute atomic E-state index is 0.0698. The lowest BCUT2D eigenvalue weighted by Crippen LogP contribution is -2.03. The molecule has 0 spiro atoms. The predicted molar refractivity (Wildman–Crippen MR) is 79.5 cm³/mol. The summed E-state index contributed by atoms with van der Waals surface area (Å²) in [5.41, 5.74) is 0.824. The van der Waals surface area contributed by atoms with Crippen LogP contribution < -0.4 is 5.32 Å². The van der Waals surface area contributed by atoms with Gasteiger partial charge in [0.2, 0.25) is 0 Å². The van der Waals surface area contributed by atoms with Crippen molar-refractivity contribution in [2.24, 2.45) is 0 Å². The normalized spacial score (nSPS) is 10.7. The fourth-order valence-corrected chi connectivity index (χ4v) is 2.19. The molecule has 0 saturated carbocycles. The van der Waals surface area contributed by atoms with E-state index < -0.39 is 11.3 Å². The van der Waals surface area contributed by atoms with E-state index in [1.165, 1.54) is 24.3 Å². The maximum atomic E-state index is 12.6. The van der Waals surface area contributed by atoms with E-state index >= 15 is 0 Å². The van der Waals surface area contributed by atoms with Gasteiger partial charge in [0.25, 0.3) is 12.1 Å². The number of nitro benzene ring substituents is 1. The predicted octanol–water partition coefficient (Wildman–Crippen LogP) is 4.91. The Morgan fingerprint density at radius 1 is 1.24 bits per heavy atom. The molecule has 2 aromatic rings. The van der Waals surface area contributed by atoms with E-state index in [1.807, 2.05) is 0 Å². The zero-order valence-electron chi connectivity index (χ0n) is 10.7. The summed E-state index contributed by atoms with van der Waals surface area (Å²) in [5, 5.41) is 13.9. The molecule has 0 atom stereocenters. The van der Waals surface area contributed by atoms with Crippen LogP contribution >= 0.6 is 15.9 Å². The van der Waals surface area contributed by atoms with Gasteiger partial charge in [0.15, 0.2) is 0 Å². The number of hydrogen-bond donors (Lipinski definition) is 1. The Labute approximate surface area is 128 Å². The first-order valence-electron chi connectivity index (χ1n) is 6.02. The quantitative estimate of drug-likeness (QED) is 0.611. The fraction of sp³-hybridized carbons (Fsp3) is 0.143. The zero-order valence-corrected chi connectivity index (χ0v) is 12.3. The molecule has 2 rings (SSSR count). The maximum absolute atomic E-state index is 12.6. The van der Waals surface area contributed by atoms with E-state index in [2.05, 4.69) is 21.2 Å². The smallest absolute Gasteiger partial charge is 0.293 e. The Balaban J connectivity index is 2.17. The van der Waals surface area contributed by atoms with E-state index in [4.69, 9.17) is 0 Å². The SMILES string of the molecule is O=[N+]([O-])c1cc(Br)ccc1NCc1cccc(C(F)F)c1. The first-order chi connectivity index (χ1) is 9.97. The van der Waals surface area contributed by atoms with E-state index in [1.54, 1.807) is 18.2 Å². The summed E-state index contributed by atoms with van der Waals surface area (Å²) >= 11 is 3.17. The number of nitro groups is 1. The molecule has 0 amide bonds. The van der Waals surface area contributed by atoms with Gasteiger partial charge in [-0.1, -0.05) is 34.1 Å². The number of benzene rings is 2. The number of nitrogens with one attached hydrogen (secondary N) is 1. The molecular weight excluding hydrogens is 346 g/mol. The van der Waals surface area contributed by atoms with Crippen LogP contribution in [0.1, 0.15) is 17.6 Å². The largest absolute Gasteiger partial charge is 0.375 e. The maximum Gasteiger partial charge on any atom is 0.293 e. The second-order valence-corrected chi connectivity index (χ2v) is 5.23. The average molecular weight is 357 g/mol. The van der Waals surface area contributed by atoms with Crippen molar-refractivity contribution in [2.45, 2.75) is 13.0 Å². The van der Waals surface area contributed by atoms with E-state index in [-0.39, 0.29) is 17.8 Å². The van der Waals surface area contributed by atoms with Crippen molar-refractivity contribution in [1.82, 2.24) is 0 Å². The Bertz CT molecular complexity index is 665. The third-order valence-electron chi connectivity index (χ3n) is 2.84. The molecule has 0 radical (unpaired) electrons. The molecule has 2 aromatic carbocycles. The van der Waals surface area contributed by atoms with Gasteiger partial charge in [0, 0.05) is 22.6 Å². The molecule has 0 saturated heterocycles. The first kappa shape index (κ1) is 15.4. The average Bonchev–Trinajstić information content (AvgIpc) is 2.46. The summed E-state index contributed by atoms with van der Waals surface area (Å²) in [7, 11) is 0. The van der Waals surface area contributed by atoms with Crippen LogP contribution in [0.25, 0.3) is 0 Å². The van der Waals surface area contributed by atoms with Crippen molar-refractivity contribution in [3.8, 4) is 0 Å². The van der Waals surface area contributed by atoms with E-state index in [0.717, 1.165) is 0 Å². The zero-order chi connectivity index (χ0) is 15.4. The highest BCUT2D eigenvalue weighted by atomic mass is 79.9. The molecule has 110 valence electrons. The molecule has 4 nitrogen and oxygen atoms in total. The van der Waals surface area contributed by atoms with Crippen molar-refractivity contribution in [3.63, 3.8) is 0 Å². The standard InChI is InChI=1S/C14H11BrF2N2O2/c15-11-4-5-12(13(7-11)19(20)21)18-8-9-2-1-3-10(6-9)14(16)17/h1-7,14,18H,8H2. The number of nitrogens with zero attached hydrogens (tertiary/aromatic N) is 1. The van der Waals surface area contributed by atoms with Crippen LogP contribution in [-0.4, -0.2) is 4.92 Å². The Morgan fingerprint density at radius 2 is 2.00 bits per heavy atom. The minimum Gasteiger partial charge on any atom is -0.375 e. The summed E-state index contributed by atoms with van der Waals surface area (Å²) < 4.78 is 25.8. The second-order valence-electron chi connectivity index (χ2n) is 4.32. The van der Waals surface area contributed by atoms with Crippen LogP contribution in [-0.2, 0) is 6.54 Å². The topological polar surface area (TPSA) is 55.2 Å². The lowest BCUT2D eigenvalue weighted by molar-refractivity contribution is -0.384. The summed E-state index contributed by atoms with van der Waals surface area (Å²) in [4.78, 5) is 10.5. The third-order valence-corrected chi connectivity index (χ3v) is 3.34. The third kappa shape index (κ3) is 3.98. The Hall–Kier alpha value is -2.02. The molecule has 1 N–H and O–H groups in total. The van der Waals surface area contributed by atoms with Gasteiger partial charge in [-0.25, -0.2) is 8.78 Å². The molecule has 0 aromatic heterocycles. The van der Waals surface area contributed by atoms with Gasteiger partial charge in [-0.15, -0.1) is 0 Å². The summed E-state index contributed by atoms with van der Waals surface area (Å²) in [5.74, 6) is 0. The van der Waals surface area contributed by atoms with Gasteiger partial charge >= 0.3 is 0 Å². The highest BCUT2D eigenvalue weighted by Crippen LogP contribution is 2.28. The summed E-state index contributed by atoms with van der Waals surface area (Å²) in [6.45, 7) is 0.225. The van der Waals surface area contributed by atoms with Crippen LogP contribution in [0.15, 0.2) is 46.9 Å². The van der Waals surface area contributed by atoms with Gasteiger partial charge in [-0.2, -0.15) is 0 Å². The summed E-state index contributed by atoms with van der Waals surface area (Å²) in [6, 6.07) is 10.6. The van der Waals surface area contributed by atoms with Crippen LogP contribution in [0.2, 0.25) is 0 Å². The van der Waals surface area contributed by atoms with Gasteiger partial charge in [-0.3, -0.25) is 10.1 Å². The molecule has 0 unspecified atom stereocenters. The van der Waals surface area contributed by atoms with Gasteiger partial charge in [0.1, 0.15) is 5.69 Å². The molecular formula is C14H11BrF2N2O2. The fourth-order valence-electron chi connectivity index (χ4n) is 1.84. The van der Waals surface area contributed by atoms with Gasteiger partial charge in [-0.05, 0) is 23.8 Å². The Kier molecular flexibility index (Phi) is 4.85. The van der Waals surface area contributed by atoms with Crippen LogP contribution in [0.5, 0.6) is 0 Å². The van der Waals surface area contributed by atoms with Crippen molar-refractivity contribution >= 4 is 27.3 Å². The first-order valence-corrected chi connectivity index (χ1v) is 6.81. The van der Waals surface area contributed by atoms with Crippen molar-refractivity contribution < 1.29 is 13.7 Å². The molecule has 21 heavy (non-hydrogen) atoms.